The van der Waals surface area contributed by atoms with E-state index >= 15 is 0 Å². The van der Waals surface area contributed by atoms with Crippen molar-refractivity contribution in [3.63, 3.8) is 0 Å². The molecule has 2 rings (SSSR count). The van der Waals surface area contributed by atoms with Gasteiger partial charge in [-0.15, -0.1) is 0 Å². The number of thiazole rings is 1. The van der Waals surface area contributed by atoms with Crippen LogP contribution in [0.15, 0.2) is 0 Å². The van der Waals surface area contributed by atoms with E-state index in [1.54, 1.807) is 0 Å². The smallest absolute Gasteiger partial charge is 0.443 e. The van der Waals surface area contributed by atoms with Gasteiger partial charge in [0.2, 0.25) is 5.01 Å². The van der Waals surface area contributed by atoms with Gasteiger partial charge in [-0.2, -0.15) is 13.2 Å². The Morgan fingerprint density at radius 3 is 2.79 bits per heavy atom. The quantitative estimate of drug-likeness (QED) is 0.896. The van der Waals surface area contributed by atoms with E-state index in [0.717, 1.165) is 12.8 Å². The van der Waals surface area contributed by atoms with Crippen molar-refractivity contribution in [1.82, 2.24) is 4.98 Å². The summed E-state index contributed by atoms with van der Waals surface area (Å²) in [6, 6.07) is -0.187. The van der Waals surface area contributed by atoms with E-state index in [4.69, 9.17) is 9.84 Å². The standard InChI is InChI=1S/C10H11F3N2O3S/c11-10(12,13)9-15-6(8(16)17)7(19-9)14-5-2-1-3-18-4-5/h5,14H,1-4H2,(H,16,17)/t5-/m1/s1. The van der Waals surface area contributed by atoms with Gasteiger partial charge in [0.25, 0.3) is 0 Å². The van der Waals surface area contributed by atoms with Gasteiger partial charge in [0.15, 0.2) is 5.69 Å². The third-order valence-electron chi connectivity index (χ3n) is 2.57. The summed E-state index contributed by atoms with van der Waals surface area (Å²) in [5.74, 6) is -1.48. The first-order valence-electron chi connectivity index (χ1n) is 5.53. The van der Waals surface area contributed by atoms with Crippen LogP contribution in [-0.2, 0) is 10.9 Å². The molecule has 0 aromatic carbocycles. The molecule has 0 radical (unpaired) electrons. The molecule has 1 atom stereocenters. The number of hydrogen-bond acceptors (Lipinski definition) is 5. The lowest BCUT2D eigenvalue weighted by Gasteiger charge is -2.23. The van der Waals surface area contributed by atoms with Crippen molar-refractivity contribution in [1.29, 1.82) is 0 Å². The topological polar surface area (TPSA) is 71.5 Å². The predicted molar refractivity (Wildman–Crippen MR) is 61.5 cm³/mol. The molecule has 0 aliphatic carbocycles. The second kappa shape index (κ2) is 5.33. The Morgan fingerprint density at radius 1 is 1.53 bits per heavy atom. The van der Waals surface area contributed by atoms with Crippen LogP contribution in [0.25, 0.3) is 0 Å². The monoisotopic (exact) mass is 296 g/mol. The van der Waals surface area contributed by atoms with Crippen LogP contribution in [0.5, 0.6) is 0 Å². The van der Waals surface area contributed by atoms with E-state index in [0.29, 0.717) is 24.6 Å². The summed E-state index contributed by atoms with van der Waals surface area (Å²) in [6.07, 6.45) is -3.14. The summed E-state index contributed by atoms with van der Waals surface area (Å²) in [7, 11) is 0. The molecule has 1 fully saturated rings. The summed E-state index contributed by atoms with van der Waals surface area (Å²) >= 11 is 0.305. The van der Waals surface area contributed by atoms with Gasteiger partial charge in [-0.3, -0.25) is 0 Å². The van der Waals surface area contributed by atoms with E-state index < -0.39 is 22.8 Å². The highest BCUT2D eigenvalue weighted by molar-refractivity contribution is 7.16. The Kier molecular flexibility index (Phi) is 3.95. The van der Waals surface area contributed by atoms with Crippen molar-refractivity contribution >= 4 is 22.3 Å². The van der Waals surface area contributed by atoms with Crippen molar-refractivity contribution in [3.05, 3.63) is 10.7 Å². The fourth-order valence-electron chi connectivity index (χ4n) is 1.72. The molecular weight excluding hydrogens is 285 g/mol. The normalized spacial score (nSPS) is 20.3. The highest BCUT2D eigenvalue weighted by Crippen LogP contribution is 2.37. The van der Waals surface area contributed by atoms with E-state index in [9.17, 15) is 18.0 Å². The average molecular weight is 296 g/mol. The lowest BCUT2D eigenvalue weighted by Crippen LogP contribution is -2.30. The molecule has 2 N–H and O–H groups in total. The summed E-state index contributed by atoms with van der Waals surface area (Å²) in [6.45, 7) is 0.957. The Morgan fingerprint density at radius 2 is 2.26 bits per heavy atom. The van der Waals surface area contributed by atoms with Crippen LogP contribution < -0.4 is 5.32 Å². The summed E-state index contributed by atoms with van der Waals surface area (Å²) < 4.78 is 42.8. The maximum absolute atomic E-state index is 12.5. The van der Waals surface area contributed by atoms with Gasteiger partial charge >= 0.3 is 12.1 Å². The van der Waals surface area contributed by atoms with Gasteiger partial charge in [0.05, 0.1) is 12.6 Å². The lowest BCUT2D eigenvalue weighted by atomic mass is 10.1. The number of rotatable bonds is 3. The van der Waals surface area contributed by atoms with Gasteiger partial charge in [-0.25, -0.2) is 9.78 Å². The molecule has 0 bridgehead atoms. The van der Waals surface area contributed by atoms with Crippen LogP contribution in [0.4, 0.5) is 18.2 Å². The Bertz CT molecular complexity index is 469. The van der Waals surface area contributed by atoms with Gasteiger partial charge < -0.3 is 15.2 Å². The number of nitrogens with one attached hydrogen (secondary N) is 1. The molecule has 0 unspecified atom stereocenters. The zero-order valence-electron chi connectivity index (χ0n) is 9.66. The summed E-state index contributed by atoms with van der Waals surface area (Å²) in [5, 5.41) is 10.4. The molecule has 2 heterocycles. The van der Waals surface area contributed by atoms with Gasteiger partial charge in [0, 0.05) is 6.61 Å². The maximum Gasteiger partial charge on any atom is 0.443 e. The zero-order valence-corrected chi connectivity index (χ0v) is 10.5. The number of carbonyl (C=O) groups is 1. The molecule has 0 spiro atoms. The lowest BCUT2D eigenvalue weighted by molar-refractivity contribution is -0.137. The largest absolute Gasteiger partial charge is 0.476 e. The van der Waals surface area contributed by atoms with Crippen molar-refractivity contribution in [2.45, 2.75) is 25.1 Å². The molecule has 1 aromatic rings. The molecule has 1 aliphatic heterocycles. The molecule has 1 aliphatic rings. The number of alkyl halides is 3. The van der Waals surface area contributed by atoms with Gasteiger partial charge in [-0.05, 0) is 12.8 Å². The van der Waals surface area contributed by atoms with E-state index in [1.807, 2.05) is 0 Å². The highest BCUT2D eigenvalue weighted by atomic mass is 32.1. The Labute approximate surface area is 110 Å². The summed E-state index contributed by atoms with van der Waals surface area (Å²) in [4.78, 5) is 14.0. The first kappa shape index (κ1) is 14.1. The maximum atomic E-state index is 12.5. The third-order valence-corrected chi connectivity index (χ3v) is 3.60. The minimum absolute atomic E-state index is 0.0738. The number of nitrogens with zero attached hydrogens (tertiary/aromatic N) is 1. The fourth-order valence-corrected chi connectivity index (χ4v) is 2.63. The molecule has 1 saturated heterocycles. The fraction of sp³-hybridized carbons (Fsp3) is 0.600. The van der Waals surface area contributed by atoms with Crippen LogP contribution in [0, 0.1) is 0 Å². The number of halogens is 3. The van der Waals surface area contributed by atoms with Crippen molar-refractivity contribution in [2.75, 3.05) is 18.5 Å². The second-order valence-electron chi connectivity index (χ2n) is 4.06. The van der Waals surface area contributed by atoms with Crippen molar-refractivity contribution in [3.8, 4) is 0 Å². The number of ether oxygens (including phenoxy) is 1. The Balaban J connectivity index is 2.22. The number of hydrogen-bond donors (Lipinski definition) is 2. The molecule has 1 aromatic heterocycles. The third kappa shape index (κ3) is 3.35. The molecule has 106 valence electrons. The van der Waals surface area contributed by atoms with Crippen LogP contribution in [-0.4, -0.2) is 35.3 Å². The molecule has 5 nitrogen and oxygen atoms in total. The van der Waals surface area contributed by atoms with Crippen LogP contribution in [0.2, 0.25) is 0 Å². The highest BCUT2D eigenvalue weighted by Gasteiger charge is 2.37. The molecule has 0 saturated carbocycles. The van der Waals surface area contributed by atoms with Crippen molar-refractivity contribution < 1.29 is 27.8 Å². The van der Waals surface area contributed by atoms with Gasteiger partial charge in [-0.1, -0.05) is 11.3 Å². The minimum Gasteiger partial charge on any atom is -0.476 e. The second-order valence-corrected chi connectivity index (χ2v) is 5.06. The molecule has 0 amide bonds. The zero-order chi connectivity index (χ0) is 14.0. The van der Waals surface area contributed by atoms with E-state index in [2.05, 4.69) is 10.3 Å². The Hall–Kier alpha value is -1.35. The van der Waals surface area contributed by atoms with E-state index in [1.165, 1.54) is 0 Å². The SMILES string of the molecule is O=C(O)c1nc(C(F)(F)F)sc1N[C@@H]1CCCOC1. The minimum atomic E-state index is -4.64. The molecule has 9 heteroatoms. The number of anilines is 1. The van der Waals surface area contributed by atoms with E-state index in [-0.39, 0.29) is 11.0 Å². The van der Waals surface area contributed by atoms with Crippen LogP contribution in [0.3, 0.4) is 0 Å². The number of carboxylic acid groups (broad SMARTS) is 1. The van der Waals surface area contributed by atoms with Crippen LogP contribution >= 0.6 is 11.3 Å². The van der Waals surface area contributed by atoms with Crippen LogP contribution in [0.1, 0.15) is 28.3 Å². The predicted octanol–water partition coefficient (Wildman–Crippen LogP) is 2.45. The van der Waals surface area contributed by atoms with Crippen molar-refractivity contribution in [2.24, 2.45) is 0 Å². The number of carboxylic acids is 1. The number of aromatic nitrogens is 1. The first-order valence-corrected chi connectivity index (χ1v) is 6.35. The average Bonchev–Trinajstić information content (AvgIpc) is 2.74. The molecular formula is C10H11F3N2O3S. The first-order chi connectivity index (χ1) is 8.88. The summed E-state index contributed by atoms with van der Waals surface area (Å²) in [5.41, 5.74) is -0.595. The van der Waals surface area contributed by atoms with Gasteiger partial charge in [0.1, 0.15) is 5.00 Å². The number of aromatic carboxylic acids is 1. The molecule has 19 heavy (non-hydrogen) atoms.